The third-order valence-electron chi connectivity index (χ3n) is 6.01. The van der Waals surface area contributed by atoms with Crippen LogP contribution in [-0.4, -0.2) is 53.3 Å². The molecule has 4 N–H and O–H groups in total. The molecule has 3 heterocycles. The molecule has 196 valence electrons. The van der Waals surface area contributed by atoms with Crippen molar-refractivity contribution in [3.63, 3.8) is 0 Å². The smallest absolute Gasteiger partial charge is 0.424 e. The van der Waals surface area contributed by atoms with Gasteiger partial charge in [0.2, 0.25) is 11.5 Å². The van der Waals surface area contributed by atoms with Gasteiger partial charge in [0.1, 0.15) is 35.5 Å². The minimum Gasteiger partial charge on any atom is -0.489 e. The second-order valence-corrected chi connectivity index (χ2v) is 8.45. The lowest BCUT2D eigenvalue weighted by Gasteiger charge is -2.31. The lowest BCUT2D eigenvalue weighted by atomic mass is 9.81. The first-order chi connectivity index (χ1) is 17.3. The number of pyridine rings is 1. The number of alkyl halides is 3. The molecule has 1 aliphatic rings. The predicted molar refractivity (Wildman–Crippen MR) is 117 cm³/mol. The van der Waals surface area contributed by atoms with E-state index < -0.39 is 53.0 Å². The molecule has 0 fully saturated rings. The van der Waals surface area contributed by atoms with Crippen molar-refractivity contribution in [2.75, 3.05) is 20.3 Å². The molecule has 2 aromatic heterocycles. The van der Waals surface area contributed by atoms with Gasteiger partial charge in [-0.3, -0.25) is 9.59 Å². The van der Waals surface area contributed by atoms with Crippen LogP contribution in [0.15, 0.2) is 40.9 Å². The summed E-state index contributed by atoms with van der Waals surface area (Å²) >= 11 is 0. The summed E-state index contributed by atoms with van der Waals surface area (Å²) in [6, 6.07) is 5.46. The quantitative estimate of drug-likeness (QED) is 0.398. The molecule has 0 saturated carbocycles. The Morgan fingerprint density at radius 2 is 1.95 bits per heavy atom. The van der Waals surface area contributed by atoms with Crippen LogP contribution in [0.3, 0.4) is 0 Å². The number of rotatable bonds is 7. The molecule has 0 aliphatic carbocycles. The summed E-state index contributed by atoms with van der Waals surface area (Å²) in [6.45, 7) is -0.337. The van der Waals surface area contributed by atoms with Gasteiger partial charge in [-0.15, -0.1) is 0 Å². The predicted octanol–water partition coefficient (Wildman–Crippen LogP) is 2.20. The standard InChI is InChI=1S/C23H20F4N4O6/c1-21(20(28)33)10-36-17-13(21)7-14(31-16(17)11-3-5-12(24)6-4-11)22(34,23(25,26)27)9-30-18(32)19-29-8-15(35-2)37-19/h3-8,34H,9-10H2,1-2H3,(H2,28,33)(H,30,32)/t21-,22-/m0/s1. The number of aromatic nitrogens is 2. The Kier molecular flexibility index (Phi) is 6.32. The number of nitrogens with two attached hydrogens (primary N) is 1. The van der Waals surface area contributed by atoms with Gasteiger partial charge in [0.25, 0.3) is 5.89 Å². The van der Waals surface area contributed by atoms with Crippen molar-refractivity contribution in [3.05, 3.63) is 59.5 Å². The highest BCUT2D eigenvalue weighted by Crippen LogP contribution is 2.47. The Morgan fingerprint density at radius 3 is 2.51 bits per heavy atom. The number of ether oxygens (including phenoxy) is 2. The van der Waals surface area contributed by atoms with Gasteiger partial charge in [-0.1, -0.05) is 0 Å². The Morgan fingerprint density at radius 1 is 1.27 bits per heavy atom. The molecule has 1 aromatic carbocycles. The zero-order valence-electron chi connectivity index (χ0n) is 19.4. The molecular formula is C23H20F4N4O6. The minimum absolute atomic E-state index is 0.0444. The van der Waals surface area contributed by atoms with E-state index in [-0.39, 0.29) is 35.1 Å². The number of hydrogen-bond acceptors (Lipinski definition) is 8. The van der Waals surface area contributed by atoms with E-state index in [2.05, 4.69) is 9.97 Å². The molecule has 2 amide bonds. The summed E-state index contributed by atoms with van der Waals surface area (Å²) in [5.41, 5.74) is -0.851. The third kappa shape index (κ3) is 4.43. The molecule has 14 heteroatoms. The van der Waals surface area contributed by atoms with Crippen LogP contribution in [0, 0.1) is 5.82 Å². The van der Waals surface area contributed by atoms with Crippen molar-refractivity contribution in [2.24, 2.45) is 5.73 Å². The first-order valence-electron chi connectivity index (χ1n) is 10.6. The van der Waals surface area contributed by atoms with E-state index in [1.165, 1.54) is 26.2 Å². The van der Waals surface area contributed by atoms with Gasteiger partial charge in [0.15, 0.2) is 0 Å². The zero-order valence-corrected chi connectivity index (χ0v) is 19.4. The topological polar surface area (TPSA) is 150 Å². The van der Waals surface area contributed by atoms with Crippen LogP contribution in [0.25, 0.3) is 11.3 Å². The monoisotopic (exact) mass is 524 g/mol. The molecule has 10 nitrogen and oxygen atoms in total. The maximum Gasteiger partial charge on any atom is 0.424 e. The van der Waals surface area contributed by atoms with E-state index in [1.807, 2.05) is 5.32 Å². The molecule has 2 atom stereocenters. The molecular weight excluding hydrogens is 504 g/mol. The summed E-state index contributed by atoms with van der Waals surface area (Å²) in [5, 5.41) is 12.9. The maximum absolute atomic E-state index is 14.3. The number of oxazole rings is 1. The number of halogens is 4. The van der Waals surface area contributed by atoms with Gasteiger partial charge >= 0.3 is 18.0 Å². The molecule has 37 heavy (non-hydrogen) atoms. The number of hydrogen-bond donors (Lipinski definition) is 3. The van der Waals surface area contributed by atoms with Crippen molar-refractivity contribution >= 4 is 11.8 Å². The summed E-state index contributed by atoms with van der Waals surface area (Å²) in [7, 11) is 1.23. The van der Waals surface area contributed by atoms with Crippen LogP contribution < -0.4 is 20.5 Å². The first kappa shape index (κ1) is 25.9. The molecule has 0 spiro atoms. The number of nitrogens with one attached hydrogen (secondary N) is 1. The highest BCUT2D eigenvalue weighted by molar-refractivity contribution is 5.90. The van der Waals surface area contributed by atoms with Crippen molar-refractivity contribution < 1.29 is 46.1 Å². The van der Waals surface area contributed by atoms with Gasteiger partial charge in [-0.2, -0.15) is 13.2 Å². The van der Waals surface area contributed by atoms with Crippen LogP contribution in [0.1, 0.15) is 28.9 Å². The average molecular weight is 524 g/mol. The van der Waals surface area contributed by atoms with E-state index in [4.69, 9.17) is 19.6 Å². The summed E-state index contributed by atoms with van der Waals surface area (Å²) in [5.74, 6) is -3.49. The number of carbonyl (C=O) groups excluding carboxylic acids is 2. The third-order valence-corrected chi connectivity index (χ3v) is 6.01. The van der Waals surface area contributed by atoms with Gasteiger partial charge in [-0.05, 0) is 37.3 Å². The SMILES string of the molecule is COc1cnc(C(=O)NC[C@](O)(c2cc3c(c(-c4ccc(F)cc4)n2)OC[C@]3(C)C(N)=O)C(F)(F)F)o1. The van der Waals surface area contributed by atoms with E-state index in [0.717, 1.165) is 24.4 Å². The summed E-state index contributed by atoms with van der Waals surface area (Å²) < 4.78 is 71.7. The Hall–Kier alpha value is -4.20. The average Bonchev–Trinajstić information content (AvgIpc) is 3.47. The number of fused-ring (bicyclic) bond motifs is 1. The summed E-state index contributed by atoms with van der Waals surface area (Å²) in [4.78, 5) is 32.2. The number of primary amides is 1. The number of aliphatic hydroxyl groups is 1. The Bertz CT molecular complexity index is 1360. The van der Waals surface area contributed by atoms with Gasteiger partial charge in [0.05, 0.1) is 19.3 Å². The molecule has 1 aliphatic heterocycles. The molecule has 0 unspecified atom stereocenters. The number of nitrogens with zero attached hydrogens (tertiary/aromatic N) is 2. The lowest BCUT2D eigenvalue weighted by molar-refractivity contribution is -0.265. The van der Waals surface area contributed by atoms with Crippen LogP contribution in [0.2, 0.25) is 0 Å². The Balaban J connectivity index is 1.83. The van der Waals surface area contributed by atoms with E-state index in [1.54, 1.807) is 0 Å². The number of methoxy groups -OCH3 is 1. The van der Waals surface area contributed by atoms with E-state index in [0.29, 0.717) is 0 Å². The van der Waals surface area contributed by atoms with Crippen molar-refractivity contribution in [1.29, 1.82) is 0 Å². The van der Waals surface area contributed by atoms with Crippen LogP contribution in [0.4, 0.5) is 17.6 Å². The van der Waals surface area contributed by atoms with Gasteiger partial charge in [0, 0.05) is 11.1 Å². The van der Waals surface area contributed by atoms with Crippen molar-refractivity contribution in [1.82, 2.24) is 15.3 Å². The van der Waals surface area contributed by atoms with E-state index >= 15 is 0 Å². The normalized spacial score (nSPS) is 18.5. The van der Waals surface area contributed by atoms with Crippen LogP contribution >= 0.6 is 0 Å². The Labute approximate surface area is 206 Å². The highest BCUT2D eigenvalue weighted by Gasteiger charge is 2.57. The first-order valence-corrected chi connectivity index (χ1v) is 10.6. The molecule has 0 bridgehead atoms. The fourth-order valence-corrected chi connectivity index (χ4v) is 3.68. The zero-order chi connectivity index (χ0) is 27.2. The van der Waals surface area contributed by atoms with E-state index in [9.17, 15) is 32.3 Å². The summed E-state index contributed by atoms with van der Waals surface area (Å²) in [6.07, 6.45) is -4.33. The number of benzene rings is 1. The molecule has 0 saturated heterocycles. The molecule has 4 rings (SSSR count). The van der Waals surface area contributed by atoms with Crippen LogP contribution in [0.5, 0.6) is 11.7 Å². The highest BCUT2D eigenvalue weighted by atomic mass is 19.4. The molecule has 3 aromatic rings. The number of amides is 2. The van der Waals surface area contributed by atoms with Gasteiger partial charge < -0.3 is 30.0 Å². The van der Waals surface area contributed by atoms with Crippen molar-refractivity contribution in [2.45, 2.75) is 24.1 Å². The maximum atomic E-state index is 14.3. The van der Waals surface area contributed by atoms with Gasteiger partial charge in [-0.25, -0.2) is 14.4 Å². The fraction of sp³-hybridized carbons (Fsp3) is 0.304. The number of carbonyl (C=O) groups is 2. The minimum atomic E-state index is -5.36. The second kappa shape index (κ2) is 9.03. The van der Waals surface area contributed by atoms with Crippen molar-refractivity contribution in [3.8, 4) is 23.0 Å². The lowest BCUT2D eigenvalue weighted by Crippen LogP contribution is -2.52. The molecule has 0 radical (unpaired) electrons. The fourth-order valence-electron chi connectivity index (χ4n) is 3.68. The largest absolute Gasteiger partial charge is 0.489 e. The van der Waals surface area contributed by atoms with Crippen LogP contribution in [-0.2, 0) is 15.8 Å². The second-order valence-electron chi connectivity index (χ2n) is 8.45.